The van der Waals surface area contributed by atoms with E-state index >= 15 is 0 Å². The molecule has 29 heavy (non-hydrogen) atoms. The van der Waals surface area contributed by atoms with E-state index in [-0.39, 0.29) is 5.97 Å². The van der Waals surface area contributed by atoms with Crippen LogP contribution in [0.3, 0.4) is 0 Å². The Morgan fingerprint density at radius 1 is 1.14 bits per heavy atom. The Labute approximate surface area is 173 Å². The maximum atomic E-state index is 12.9. The number of furan rings is 1. The number of benzene rings is 1. The van der Waals surface area contributed by atoms with Gasteiger partial charge in [0, 0.05) is 48.9 Å². The predicted octanol–water partition coefficient (Wildman–Crippen LogP) is 5.44. The van der Waals surface area contributed by atoms with Crippen molar-refractivity contribution >= 4 is 22.6 Å². The molecule has 0 spiro atoms. The molecular formula is C24H33NO4. The summed E-state index contributed by atoms with van der Waals surface area (Å²) in [4.78, 5) is 15.3. The minimum absolute atomic E-state index is 0.268. The molecular weight excluding hydrogens is 366 g/mol. The summed E-state index contributed by atoms with van der Waals surface area (Å²) in [5.74, 6) is 1.23. The summed E-state index contributed by atoms with van der Waals surface area (Å²) >= 11 is 0. The molecule has 158 valence electrons. The highest BCUT2D eigenvalue weighted by atomic mass is 16.5. The highest BCUT2D eigenvalue weighted by molar-refractivity contribution is 6.07. The number of nitrogens with zero attached hydrogens (tertiary/aromatic N) is 1. The van der Waals surface area contributed by atoms with Gasteiger partial charge in [0.05, 0.1) is 12.7 Å². The second-order valence-electron chi connectivity index (χ2n) is 8.27. The fraction of sp³-hybridized carbons (Fsp3) is 0.625. The lowest BCUT2D eigenvalue weighted by Crippen LogP contribution is -2.40. The van der Waals surface area contributed by atoms with E-state index in [4.69, 9.17) is 13.9 Å². The summed E-state index contributed by atoms with van der Waals surface area (Å²) in [6.45, 7) is 6.78. The number of anilines is 1. The molecule has 2 fully saturated rings. The molecule has 2 aromatic rings. The molecule has 1 saturated carbocycles. The third kappa shape index (κ3) is 3.77. The number of hydrogen-bond donors (Lipinski definition) is 0. The number of carbonyl (C=O) groups is 1. The van der Waals surface area contributed by atoms with Gasteiger partial charge in [-0.3, -0.25) is 0 Å². The van der Waals surface area contributed by atoms with Crippen LogP contribution in [0.15, 0.2) is 16.5 Å². The van der Waals surface area contributed by atoms with E-state index in [9.17, 15) is 4.79 Å². The van der Waals surface area contributed by atoms with E-state index in [2.05, 4.69) is 30.9 Å². The van der Waals surface area contributed by atoms with Gasteiger partial charge in [-0.25, -0.2) is 4.79 Å². The van der Waals surface area contributed by atoms with Crippen LogP contribution in [0, 0.1) is 0 Å². The zero-order valence-corrected chi connectivity index (χ0v) is 18.0. The first-order valence-electron chi connectivity index (χ1n) is 11.2. The van der Waals surface area contributed by atoms with Gasteiger partial charge in [-0.15, -0.1) is 0 Å². The van der Waals surface area contributed by atoms with Crippen molar-refractivity contribution in [2.24, 2.45) is 0 Å². The minimum atomic E-state index is -0.268. The summed E-state index contributed by atoms with van der Waals surface area (Å²) < 4.78 is 17.1. The molecule has 5 nitrogen and oxygen atoms in total. The van der Waals surface area contributed by atoms with Gasteiger partial charge in [-0.1, -0.05) is 19.8 Å². The average Bonchev–Trinajstić information content (AvgIpc) is 3.43. The van der Waals surface area contributed by atoms with Gasteiger partial charge >= 0.3 is 5.97 Å². The zero-order valence-electron chi connectivity index (χ0n) is 18.0. The van der Waals surface area contributed by atoms with E-state index in [1.807, 2.05) is 0 Å². The molecule has 0 atom stereocenters. The first-order valence-corrected chi connectivity index (χ1v) is 11.2. The molecule has 1 saturated heterocycles. The lowest BCUT2D eigenvalue weighted by atomic mass is 9.95. The van der Waals surface area contributed by atoms with Crippen LogP contribution in [0.4, 0.5) is 5.69 Å². The number of fused-ring (bicyclic) bond motifs is 1. The molecule has 2 aliphatic rings. The largest absolute Gasteiger partial charge is 0.465 e. The van der Waals surface area contributed by atoms with Crippen LogP contribution in [-0.4, -0.2) is 38.9 Å². The Morgan fingerprint density at radius 3 is 2.48 bits per heavy atom. The first-order chi connectivity index (χ1) is 14.2. The number of ether oxygens (including phenoxy) is 2. The fourth-order valence-electron chi connectivity index (χ4n) is 5.21. The van der Waals surface area contributed by atoms with E-state index in [1.54, 1.807) is 0 Å². The Morgan fingerprint density at radius 2 is 1.86 bits per heavy atom. The Hall–Kier alpha value is -2.01. The molecule has 2 heterocycles. The summed E-state index contributed by atoms with van der Waals surface area (Å²) in [6.07, 6.45) is 7.64. The van der Waals surface area contributed by atoms with E-state index < -0.39 is 0 Å². The average molecular weight is 400 g/mol. The number of hydrogen-bond acceptors (Lipinski definition) is 5. The van der Waals surface area contributed by atoms with Gasteiger partial charge < -0.3 is 18.8 Å². The van der Waals surface area contributed by atoms with Crippen molar-refractivity contribution in [1.29, 1.82) is 0 Å². The van der Waals surface area contributed by atoms with Gasteiger partial charge in [-0.2, -0.15) is 0 Å². The SMILES string of the molecule is CCc1c(N(CC)C2CCOCC2)cc2oc(C3CCCC3)cc2c1C(=O)OC. The first kappa shape index (κ1) is 20.3. The molecule has 4 rings (SSSR count). The summed E-state index contributed by atoms with van der Waals surface area (Å²) in [7, 11) is 1.47. The third-order valence-electron chi connectivity index (χ3n) is 6.71. The molecule has 0 radical (unpaired) electrons. The highest BCUT2D eigenvalue weighted by Gasteiger charge is 2.29. The van der Waals surface area contributed by atoms with Crippen LogP contribution in [0.1, 0.15) is 80.0 Å². The molecule has 0 amide bonds. The Balaban J connectivity index is 1.87. The second-order valence-corrected chi connectivity index (χ2v) is 8.27. The van der Waals surface area contributed by atoms with Crippen molar-refractivity contribution in [1.82, 2.24) is 0 Å². The van der Waals surface area contributed by atoms with E-state index in [0.717, 1.165) is 67.0 Å². The number of carbonyl (C=O) groups excluding carboxylic acids is 1. The summed E-state index contributed by atoms with van der Waals surface area (Å²) in [6, 6.07) is 4.69. The fourth-order valence-corrected chi connectivity index (χ4v) is 5.21. The minimum Gasteiger partial charge on any atom is -0.465 e. The van der Waals surface area contributed by atoms with Crippen molar-refractivity contribution in [2.45, 2.75) is 70.8 Å². The summed E-state index contributed by atoms with van der Waals surface area (Å²) in [5.41, 5.74) is 3.67. The van der Waals surface area contributed by atoms with Gasteiger partial charge in [-0.05, 0) is 50.7 Å². The maximum Gasteiger partial charge on any atom is 0.338 e. The van der Waals surface area contributed by atoms with E-state index in [0.29, 0.717) is 17.5 Å². The lowest BCUT2D eigenvalue weighted by Gasteiger charge is -2.36. The monoisotopic (exact) mass is 399 g/mol. The standard InChI is InChI=1S/C24H33NO4/c1-4-18-20(25(5-2)17-10-12-28-13-11-17)15-22-19(23(18)24(26)27-3)14-21(29-22)16-8-6-7-9-16/h14-17H,4-13H2,1-3H3. The van der Waals surface area contributed by atoms with Gasteiger partial charge in [0.1, 0.15) is 11.3 Å². The molecule has 1 aliphatic heterocycles. The van der Waals surface area contributed by atoms with Crippen LogP contribution >= 0.6 is 0 Å². The van der Waals surface area contributed by atoms with Crippen LogP contribution < -0.4 is 4.90 Å². The van der Waals surface area contributed by atoms with Crippen molar-refractivity contribution in [3.8, 4) is 0 Å². The Kier molecular flexibility index (Phi) is 6.14. The molecule has 1 aromatic heterocycles. The van der Waals surface area contributed by atoms with Crippen LogP contribution in [-0.2, 0) is 15.9 Å². The maximum absolute atomic E-state index is 12.9. The van der Waals surface area contributed by atoms with Crippen LogP contribution in [0.25, 0.3) is 11.0 Å². The normalized spacial score (nSPS) is 18.4. The molecule has 0 N–H and O–H groups in total. The quantitative estimate of drug-likeness (QED) is 0.605. The molecule has 0 unspecified atom stereocenters. The predicted molar refractivity (Wildman–Crippen MR) is 115 cm³/mol. The molecule has 5 heteroatoms. The van der Waals surface area contributed by atoms with Crippen molar-refractivity contribution in [2.75, 3.05) is 31.8 Å². The Bertz CT molecular complexity index is 859. The van der Waals surface area contributed by atoms with Crippen molar-refractivity contribution < 1.29 is 18.7 Å². The van der Waals surface area contributed by atoms with Crippen LogP contribution in [0.2, 0.25) is 0 Å². The van der Waals surface area contributed by atoms with Crippen molar-refractivity contribution in [3.05, 3.63) is 29.0 Å². The number of rotatable bonds is 6. The van der Waals surface area contributed by atoms with Crippen molar-refractivity contribution in [3.63, 3.8) is 0 Å². The second kappa shape index (κ2) is 8.78. The van der Waals surface area contributed by atoms with Gasteiger partial charge in [0.15, 0.2) is 0 Å². The third-order valence-corrected chi connectivity index (χ3v) is 6.71. The van der Waals surface area contributed by atoms with Gasteiger partial charge in [0.2, 0.25) is 0 Å². The topological polar surface area (TPSA) is 51.9 Å². The summed E-state index contributed by atoms with van der Waals surface area (Å²) in [5, 5.41) is 0.905. The van der Waals surface area contributed by atoms with Gasteiger partial charge in [0.25, 0.3) is 0 Å². The molecule has 1 aliphatic carbocycles. The molecule has 1 aromatic carbocycles. The lowest BCUT2D eigenvalue weighted by molar-refractivity contribution is 0.0601. The number of methoxy groups -OCH3 is 1. The number of esters is 1. The highest BCUT2D eigenvalue weighted by Crippen LogP contribution is 2.41. The van der Waals surface area contributed by atoms with Crippen LogP contribution in [0.5, 0.6) is 0 Å². The zero-order chi connectivity index (χ0) is 20.4. The van der Waals surface area contributed by atoms with E-state index in [1.165, 1.54) is 32.8 Å². The smallest absolute Gasteiger partial charge is 0.338 e. The molecule has 0 bridgehead atoms.